The summed E-state index contributed by atoms with van der Waals surface area (Å²) in [6, 6.07) is 9.14. The molecule has 1 aliphatic heterocycles. The van der Waals surface area contributed by atoms with Crippen molar-refractivity contribution < 1.29 is 4.79 Å². The Morgan fingerprint density at radius 3 is 2.94 bits per heavy atom. The van der Waals surface area contributed by atoms with E-state index in [1.165, 1.54) is 11.0 Å². The zero-order chi connectivity index (χ0) is 12.3. The van der Waals surface area contributed by atoms with Crippen LogP contribution in [0.25, 0.3) is 6.08 Å². The minimum Gasteiger partial charge on any atom is -0.288 e. The SMILES string of the molecule is C/C=C/C(=O)N1c2ccccc2C=C[C@H]1C#N. The van der Waals surface area contributed by atoms with Crippen molar-refractivity contribution in [2.75, 3.05) is 4.90 Å². The molecular weight excluding hydrogens is 212 g/mol. The normalized spacial score (nSPS) is 17.9. The third kappa shape index (κ3) is 1.98. The Balaban J connectivity index is 2.50. The fourth-order valence-electron chi connectivity index (χ4n) is 1.86. The quantitative estimate of drug-likeness (QED) is 0.688. The molecule has 0 bridgehead atoms. The first-order valence-electron chi connectivity index (χ1n) is 5.40. The van der Waals surface area contributed by atoms with Gasteiger partial charge in [0, 0.05) is 0 Å². The molecular formula is C14H12N2O. The van der Waals surface area contributed by atoms with Gasteiger partial charge >= 0.3 is 0 Å². The molecule has 0 aliphatic carbocycles. The monoisotopic (exact) mass is 224 g/mol. The average Bonchev–Trinajstić information content (AvgIpc) is 2.37. The van der Waals surface area contributed by atoms with Crippen LogP contribution in [0.5, 0.6) is 0 Å². The van der Waals surface area contributed by atoms with Crippen LogP contribution < -0.4 is 4.90 Å². The van der Waals surface area contributed by atoms with Crippen LogP contribution >= 0.6 is 0 Å². The van der Waals surface area contributed by atoms with Crippen LogP contribution in [0.15, 0.2) is 42.5 Å². The van der Waals surface area contributed by atoms with Crippen LogP contribution in [0.3, 0.4) is 0 Å². The highest BCUT2D eigenvalue weighted by Crippen LogP contribution is 2.28. The van der Waals surface area contributed by atoms with Crippen molar-refractivity contribution in [3.8, 4) is 6.07 Å². The third-order valence-electron chi connectivity index (χ3n) is 2.61. The number of fused-ring (bicyclic) bond motifs is 1. The first kappa shape index (κ1) is 11.2. The van der Waals surface area contributed by atoms with E-state index in [-0.39, 0.29) is 5.91 Å². The molecule has 1 aromatic carbocycles. The lowest BCUT2D eigenvalue weighted by atomic mass is 10.0. The molecule has 0 unspecified atom stereocenters. The van der Waals surface area contributed by atoms with E-state index in [4.69, 9.17) is 5.26 Å². The summed E-state index contributed by atoms with van der Waals surface area (Å²) in [6.07, 6.45) is 6.77. The first-order valence-corrected chi connectivity index (χ1v) is 5.40. The van der Waals surface area contributed by atoms with E-state index < -0.39 is 6.04 Å². The maximum Gasteiger partial charge on any atom is 0.252 e. The topological polar surface area (TPSA) is 44.1 Å². The van der Waals surface area contributed by atoms with Crippen molar-refractivity contribution in [3.05, 3.63) is 48.1 Å². The highest BCUT2D eigenvalue weighted by atomic mass is 16.2. The van der Waals surface area contributed by atoms with E-state index in [0.717, 1.165) is 11.3 Å². The van der Waals surface area contributed by atoms with Gasteiger partial charge in [0.2, 0.25) is 0 Å². The number of carbonyl (C=O) groups excluding carboxylic acids is 1. The van der Waals surface area contributed by atoms with Gasteiger partial charge in [-0.1, -0.05) is 30.4 Å². The maximum atomic E-state index is 12.0. The molecule has 0 radical (unpaired) electrons. The van der Waals surface area contributed by atoms with Gasteiger partial charge in [0.15, 0.2) is 0 Å². The largest absolute Gasteiger partial charge is 0.288 e. The van der Waals surface area contributed by atoms with Crippen molar-refractivity contribution in [2.45, 2.75) is 13.0 Å². The van der Waals surface area contributed by atoms with Crippen LogP contribution in [-0.2, 0) is 4.79 Å². The smallest absolute Gasteiger partial charge is 0.252 e. The number of benzene rings is 1. The first-order chi connectivity index (χ1) is 8.27. The fraction of sp³-hybridized carbons (Fsp3) is 0.143. The van der Waals surface area contributed by atoms with Crippen molar-refractivity contribution >= 4 is 17.7 Å². The number of para-hydroxylation sites is 1. The number of carbonyl (C=O) groups is 1. The minimum absolute atomic E-state index is 0.171. The molecule has 17 heavy (non-hydrogen) atoms. The Bertz CT molecular complexity index is 537. The lowest BCUT2D eigenvalue weighted by Gasteiger charge is -2.29. The minimum atomic E-state index is -0.534. The van der Waals surface area contributed by atoms with Gasteiger partial charge in [-0.25, -0.2) is 0 Å². The second-order valence-electron chi connectivity index (χ2n) is 3.70. The predicted octanol–water partition coefficient (Wildman–Crippen LogP) is 2.51. The molecule has 1 atom stereocenters. The Kier molecular flexibility index (Phi) is 3.06. The summed E-state index contributed by atoms with van der Waals surface area (Å²) in [4.78, 5) is 13.5. The van der Waals surface area contributed by atoms with Crippen molar-refractivity contribution in [2.24, 2.45) is 0 Å². The van der Waals surface area contributed by atoms with Gasteiger partial charge in [0.25, 0.3) is 5.91 Å². The molecule has 3 heteroatoms. The number of rotatable bonds is 1. The summed E-state index contributed by atoms with van der Waals surface area (Å²) < 4.78 is 0. The van der Waals surface area contributed by atoms with Crippen molar-refractivity contribution in [1.29, 1.82) is 5.26 Å². The summed E-state index contributed by atoms with van der Waals surface area (Å²) in [5.41, 5.74) is 1.74. The molecule has 1 heterocycles. The highest BCUT2D eigenvalue weighted by Gasteiger charge is 2.25. The standard InChI is InChI=1S/C14H12N2O/c1-2-5-14(17)16-12(10-15)9-8-11-6-3-4-7-13(11)16/h2-9,12H,1H3/b5-2+/t12-/m0/s1. The van der Waals surface area contributed by atoms with Crippen molar-refractivity contribution in [1.82, 2.24) is 0 Å². The highest BCUT2D eigenvalue weighted by molar-refractivity contribution is 6.04. The molecule has 0 N–H and O–H groups in total. The molecule has 2 rings (SSSR count). The summed E-state index contributed by atoms with van der Waals surface area (Å²) in [6.45, 7) is 1.78. The number of amides is 1. The van der Waals surface area contributed by atoms with Crippen LogP contribution in [0, 0.1) is 11.3 Å². The van der Waals surface area contributed by atoms with Gasteiger partial charge in [-0.15, -0.1) is 0 Å². The number of anilines is 1. The molecule has 0 spiro atoms. The van der Waals surface area contributed by atoms with E-state index >= 15 is 0 Å². The molecule has 1 aliphatic rings. The summed E-state index contributed by atoms with van der Waals surface area (Å²) in [5, 5.41) is 9.08. The van der Waals surface area contributed by atoms with Crippen LogP contribution in [0.4, 0.5) is 5.69 Å². The van der Waals surface area contributed by atoms with Crippen LogP contribution in [0.2, 0.25) is 0 Å². The lowest BCUT2D eigenvalue weighted by molar-refractivity contribution is -0.114. The molecule has 0 fully saturated rings. The molecule has 1 aromatic rings. The van der Waals surface area contributed by atoms with Gasteiger partial charge < -0.3 is 0 Å². The zero-order valence-electron chi connectivity index (χ0n) is 9.50. The van der Waals surface area contributed by atoms with E-state index in [9.17, 15) is 4.79 Å². The molecule has 0 aromatic heterocycles. The molecule has 0 saturated heterocycles. The Hall–Kier alpha value is -2.34. The van der Waals surface area contributed by atoms with Crippen LogP contribution in [-0.4, -0.2) is 11.9 Å². The van der Waals surface area contributed by atoms with Crippen LogP contribution in [0.1, 0.15) is 12.5 Å². The summed E-state index contributed by atoms with van der Waals surface area (Å²) >= 11 is 0. The van der Waals surface area contributed by atoms with Gasteiger partial charge in [-0.2, -0.15) is 5.26 Å². The third-order valence-corrected chi connectivity index (χ3v) is 2.61. The van der Waals surface area contributed by atoms with E-state index in [2.05, 4.69) is 6.07 Å². The fourth-order valence-corrected chi connectivity index (χ4v) is 1.86. The summed E-state index contributed by atoms with van der Waals surface area (Å²) in [5.74, 6) is -0.171. The second-order valence-corrected chi connectivity index (χ2v) is 3.70. The Morgan fingerprint density at radius 2 is 2.24 bits per heavy atom. The van der Waals surface area contributed by atoms with Crippen molar-refractivity contribution in [3.63, 3.8) is 0 Å². The Labute approximate surface area is 100 Å². The van der Waals surface area contributed by atoms with E-state index in [1.54, 1.807) is 19.1 Å². The zero-order valence-corrected chi connectivity index (χ0v) is 9.50. The number of hydrogen-bond donors (Lipinski definition) is 0. The molecule has 1 amide bonds. The van der Waals surface area contributed by atoms with E-state index in [1.807, 2.05) is 30.3 Å². The van der Waals surface area contributed by atoms with E-state index in [0.29, 0.717) is 0 Å². The van der Waals surface area contributed by atoms with Gasteiger partial charge in [0.1, 0.15) is 6.04 Å². The van der Waals surface area contributed by atoms with Gasteiger partial charge in [-0.05, 0) is 30.7 Å². The second kappa shape index (κ2) is 4.67. The molecule has 84 valence electrons. The average molecular weight is 224 g/mol. The number of hydrogen-bond acceptors (Lipinski definition) is 2. The predicted molar refractivity (Wildman–Crippen MR) is 67.2 cm³/mol. The maximum absolute atomic E-state index is 12.0. The van der Waals surface area contributed by atoms with Gasteiger partial charge in [0.05, 0.1) is 11.8 Å². The molecule has 3 nitrogen and oxygen atoms in total. The molecule has 0 saturated carbocycles. The number of nitrogens with zero attached hydrogens (tertiary/aromatic N) is 2. The lowest BCUT2D eigenvalue weighted by Crippen LogP contribution is -2.39. The number of allylic oxidation sites excluding steroid dienone is 1. The van der Waals surface area contributed by atoms with Gasteiger partial charge in [-0.3, -0.25) is 9.69 Å². The summed E-state index contributed by atoms with van der Waals surface area (Å²) in [7, 11) is 0. The Morgan fingerprint density at radius 1 is 1.47 bits per heavy atom. The number of nitriles is 1.